The Bertz CT molecular complexity index is 269. The molecule has 108 valence electrons. The zero-order chi connectivity index (χ0) is 14.2. The Morgan fingerprint density at radius 2 is 1.61 bits per heavy atom. The fourth-order valence-electron chi connectivity index (χ4n) is 2.89. The lowest BCUT2D eigenvalue weighted by molar-refractivity contribution is -0.245. The number of nitrogens with zero attached hydrogens (tertiary/aromatic N) is 1. The maximum absolute atomic E-state index is 6.40. The van der Waals surface area contributed by atoms with E-state index in [0.29, 0.717) is 0 Å². The molecule has 0 aliphatic carbocycles. The van der Waals surface area contributed by atoms with Gasteiger partial charge >= 0.3 is 0 Å². The largest absolute Gasteiger partial charge is 0.380 e. The van der Waals surface area contributed by atoms with Crippen LogP contribution in [0, 0.1) is 10.8 Å². The molecular weight excluding hydrogens is 226 g/mol. The predicted molar refractivity (Wildman–Crippen MR) is 75.9 cm³/mol. The van der Waals surface area contributed by atoms with Gasteiger partial charge in [-0.05, 0) is 40.3 Å². The summed E-state index contributed by atoms with van der Waals surface area (Å²) in [5.41, 5.74) is 0.134. The molecule has 0 spiro atoms. The minimum Gasteiger partial charge on any atom is -0.380 e. The fourth-order valence-corrected chi connectivity index (χ4v) is 2.89. The normalized spacial score (nSPS) is 21.8. The van der Waals surface area contributed by atoms with Crippen molar-refractivity contribution < 1.29 is 9.47 Å². The van der Waals surface area contributed by atoms with E-state index in [1.165, 1.54) is 0 Å². The summed E-state index contributed by atoms with van der Waals surface area (Å²) < 4.78 is 11.9. The van der Waals surface area contributed by atoms with Gasteiger partial charge < -0.3 is 14.4 Å². The molecule has 0 amide bonds. The molecule has 0 bridgehead atoms. The summed E-state index contributed by atoms with van der Waals surface area (Å²) in [5.74, 6) is 0. The van der Waals surface area contributed by atoms with Gasteiger partial charge in [-0.25, -0.2) is 0 Å². The van der Waals surface area contributed by atoms with Crippen molar-refractivity contribution in [3.63, 3.8) is 0 Å². The summed E-state index contributed by atoms with van der Waals surface area (Å²) >= 11 is 0. The number of ether oxygens (including phenoxy) is 2. The molecule has 1 rings (SSSR count). The predicted octanol–water partition coefficient (Wildman–Crippen LogP) is 2.79. The van der Waals surface area contributed by atoms with Crippen LogP contribution in [-0.2, 0) is 9.47 Å². The van der Waals surface area contributed by atoms with E-state index in [-0.39, 0.29) is 22.5 Å². The lowest BCUT2D eigenvalue weighted by Crippen LogP contribution is -2.62. The van der Waals surface area contributed by atoms with Gasteiger partial charge in [0.2, 0.25) is 0 Å². The Hall–Kier alpha value is -0.120. The van der Waals surface area contributed by atoms with Crippen LogP contribution in [0.1, 0.15) is 41.5 Å². The van der Waals surface area contributed by atoms with E-state index < -0.39 is 0 Å². The smallest absolute Gasteiger partial charge is 0.0743 e. The average Bonchev–Trinajstić information content (AvgIpc) is 2.04. The van der Waals surface area contributed by atoms with E-state index in [1.54, 1.807) is 0 Å². The molecule has 18 heavy (non-hydrogen) atoms. The van der Waals surface area contributed by atoms with Crippen LogP contribution in [0.3, 0.4) is 0 Å². The molecule has 0 aromatic rings. The first-order valence-corrected chi connectivity index (χ1v) is 6.87. The standard InChI is InChI=1S/C15H31NO2/c1-13(2,3)12(18-14(4,5)6)15(9-16(7)8)10-17-11-15/h12H,9-11H2,1-8H3. The maximum Gasteiger partial charge on any atom is 0.0743 e. The Kier molecular flexibility index (Phi) is 4.52. The first-order valence-electron chi connectivity index (χ1n) is 6.87. The summed E-state index contributed by atoms with van der Waals surface area (Å²) in [5, 5.41) is 0. The van der Waals surface area contributed by atoms with E-state index >= 15 is 0 Å². The molecule has 1 fully saturated rings. The van der Waals surface area contributed by atoms with E-state index in [1.807, 2.05) is 0 Å². The van der Waals surface area contributed by atoms with Crippen LogP contribution in [-0.4, -0.2) is 50.5 Å². The highest BCUT2D eigenvalue weighted by Crippen LogP contribution is 2.44. The molecule has 1 aliphatic rings. The van der Waals surface area contributed by atoms with Crippen molar-refractivity contribution in [2.75, 3.05) is 33.9 Å². The van der Waals surface area contributed by atoms with Crippen molar-refractivity contribution in [2.24, 2.45) is 10.8 Å². The minimum absolute atomic E-state index is 0.118. The molecule has 1 saturated heterocycles. The molecule has 1 aliphatic heterocycles. The second-order valence-electron chi connectivity index (χ2n) is 8.07. The lowest BCUT2D eigenvalue weighted by atomic mass is 9.68. The van der Waals surface area contributed by atoms with Gasteiger partial charge in [0.25, 0.3) is 0 Å². The van der Waals surface area contributed by atoms with Crippen LogP contribution in [0.2, 0.25) is 0 Å². The monoisotopic (exact) mass is 257 g/mol. The lowest BCUT2D eigenvalue weighted by Gasteiger charge is -2.54. The third-order valence-corrected chi connectivity index (χ3v) is 3.22. The quantitative estimate of drug-likeness (QED) is 0.773. The van der Waals surface area contributed by atoms with Crippen molar-refractivity contribution in [3.05, 3.63) is 0 Å². The SMILES string of the molecule is CN(C)CC1(C(OC(C)(C)C)C(C)(C)C)COC1. The summed E-state index contributed by atoms with van der Waals surface area (Å²) in [6.07, 6.45) is 0.209. The molecule has 0 aromatic heterocycles. The summed E-state index contributed by atoms with van der Waals surface area (Å²) in [4.78, 5) is 2.24. The molecule has 0 aromatic carbocycles. The molecule has 1 heterocycles. The van der Waals surface area contributed by atoms with Crippen LogP contribution < -0.4 is 0 Å². The van der Waals surface area contributed by atoms with Gasteiger partial charge in [-0.15, -0.1) is 0 Å². The summed E-state index contributed by atoms with van der Waals surface area (Å²) in [7, 11) is 4.24. The highest BCUT2D eigenvalue weighted by Gasteiger charge is 2.52. The third-order valence-electron chi connectivity index (χ3n) is 3.22. The van der Waals surface area contributed by atoms with Gasteiger partial charge in [-0.1, -0.05) is 20.8 Å². The van der Waals surface area contributed by atoms with Crippen molar-refractivity contribution in [1.29, 1.82) is 0 Å². The highest BCUT2D eigenvalue weighted by molar-refractivity contribution is 5.00. The van der Waals surface area contributed by atoms with Crippen LogP contribution in [0.5, 0.6) is 0 Å². The Morgan fingerprint density at radius 1 is 1.11 bits per heavy atom. The summed E-state index contributed by atoms with van der Waals surface area (Å²) in [6.45, 7) is 15.8. The first kappa shape index (κ1) is 15.9. The van der Waals surface area contributed by atoms with Crippen LogP contribution in [0.4, 0.5) is 0 Å². The Labute approximate surface area is 113 Å². The zero-order valence-corrected chi connectivity index (χ0v) is 13.5. The van der Waals surface area contributed by atoms with Crippen LogP contribution in [0.15, 0.2) is 0 Å². The van der Waals surface area contributed by atoms with Crippen molar-refractivity contribution >= 4 is 0 Å². The molecule has 0 N–H and O–H groups in total. The highest BCUT2D eigenvalue weighted by atomic mass is 16.5. The van der Waals surface area contributed by atoms with Crippen LogP contribution in [0.25, 0.3) is 0 Å². The van der Waals surface area contributed by atoms with E-state index in [4.69, 9.17) is 9.47 Å². The minimum atomic E-state index is -0.118. The second-order valence-corrected chi connectivity index (χ2v) is 8.07. The molecule has 1 atom stereocenters. The van der Waals surface area contributed by atoms with Crippen molar-refractivity contribution in [1.82, 2.24) is 4.90 Å². The molecular formula is C15H31NO2. The van der Waals surface area contributed by atoms with E-state index in [9.17, 15) is 0 Å². The number of rotatable bonds is 4. The number of hydrogen-bond donors (Lipinski definition) is 0. The topological polar surface area (TPSA) is 21.7 Å². The zero-order valence-electron chi connectivity index (χ0n) is 13.5. The average molecular weight is 257 g/mol. The van der Waals surface area contributed by atoms with Gasteiger partial charge in [0, 0.05) is 6.54 Å². The molecule has 0 saturated carbocycles. The maximum atomic E-state index is 6.40. The Balaban J connectivity index is 2.94. The van der Waals surface area contributed by atoms with Crippen molar-refractivity contribution in [3.8, 4) is 0 Å². The fraction of sp³-hybridized carbons (Fsp3) is 1.00. The molecule has 3 nitrogen and oxygen atoms in total. The van der Waals surface area contributed by atoms with E-state index in [0.717, 1.165) is 19.8 Å². The van der Waals surface area contributed by atoms with Gasteiger partial charge in [0.05, 0.1) is 30.3 Å². The summed E-state index contributed by atoms with van der Waals surface area (Å²) in [6, 6.07) is 0. The van der Waals surface area contributed by atoms with Crippen molar-refractivity contribution in [2.45, 2.75) is 53.2 Å². The molecule has 1 unspecified atom stereocenters. The Morgan fingerprint density at radius 3 is 1.83 bits per heavy atom. The second kappa shape index (κ2) is 5.10. The first-order chi connectivity index (χ1) is 7.96. The van der Waals surface area contributed by atoms with Crippen LogP contribution >= 0.6 is 0 Å². The van der Waals surface area contributed by atoms with E-state index in [2.05, 4.69) is 60.5 Å². The molecule has 0 radical (unpaired) electrons. The van der Waals surface area contributed by atoms with Gasteiger partial charge in [-0.3, -0.25) is 0 Å². The number of hydrogen-bond acceptors (Lipinski definition) is 3. The van der Waals surface area contributed by atoms with Gasteiger partial charge in [-0.2, -0.15) is 0 Å². The molecule has 3 heteroatoms. The third kappa shape index (κ3) is 3.94. The van der Waals surface area contributed by atoms with Gasteiger partial charge in [0.1, 0.15) is 0 Å². The van der Waals surface area contributed by atoms with Gasteiger partial charge in [0.15, 0.2) is 0 Å².